The van der Waals surface area contributed by atoms with Crippen LogP contribution in [0.5, 0.6) is 5.75 Å². The number of benzene rings is 3. The molecule has 4 rings (SSSR count). The fourth-order valence-electron chi connectivity index (χ4n) is 2.32. The molecule has 0 radical (unpaired) electrons. The molecule has 0 fully saturated rings. The van der Waals surface area contributed by atoms with Crippen LogP contribution in [-0.2, 0) is 0 Å². The molecule has 4 aromatic rings. The third kappa shape index (κ3) is 2.47. The Morgan fingerprint density at radius 3 is 1.68 bits per heavy atom. The standard InChI is InChI=1S/C18H13O3P/c1-2-8-14(9-3-1)19-22-20-17-12-6-4-10-15(17)16-11-5-7-13-18(16)21-22/h1-13H. The van der Waals surface area contributed by atoms with Crippen LogP contribution in [0.2, 0.25) is 0 Å². The van der Waals surface area contributed by atoms with E-state index in [0.717, 1.165) is 27.7 Å². The molecule has 0 unspecified atom stereocenters. The van der Waals surface area contributed by atoms with E-state index >= 15 is 0 Å². The molecule has 3 aromatic carbocycles. The van der Waals surface area contributed by atoms with Crippen molar-refractivity contribution in [3.63, 3.8) is 0 Å². The molecule has 0 N–H and O–H groups in total. The van der Waals surface area contributed by atoms with Crippen molar-refractivity contribution < 1.29 is 12.9 Å². The van der Waals surface area contributed by atoms with Crippen molar-refractivity contribution in [3.05, 3.63) is 78.9 Å². The van der Waals surface area contributed by atoms with Crippen molar-refractivity contribution in [2.45, 2.75) is 0 Å². The van der Waals surface area contributed by atoms with Crippen molar-refractivity contribution in [1.82, 2.24) is 0 Å². The molecule has 0 amide bonds. The highest BCUT2D eigenvalue weighted by Gasteiger charge is 2.07. The Labute approximate surface area is 128 Å². The molecule has 0 aliphatic carbocycles. The topological polar surface area (TPSA) is 35.5 Å². The zero-order chi connectivity index (χ0) is 14.8. The number of fused-ring (bicyclic) bond motifs is 3. The molecule has 0 saturated heterocycles. The lowest BCUT2D eigenvalue weighted by Gasteiger charge is -2.00. The maximum Gasteiger partial charge on any atom is 0.453 e. The highest BCUT2D eigenvalue weighted by molar-refractivity contribution is 7.32. The normalized spacial score (nSPS) is 10.7. The van der Waals surface area contributed by atoms with E-state index in [4.69, 9.17) is 12.9 Å². The lowest BCUT2D eigenvalue weighted by atomic mass is 10.1. The Balaban J connectivity index is 1.98. The summed E-state index contributed by atoms with van der Waals surface area (Å²) in [6, 6.07) is 25.4. The molecule has 0 saturated carbocycles. The van der Waals surface area contributed by atoms with E-state index in [1.807, 2.05) is 78.9 Å². The van der Waals surface area contributed by atoms with Gasteiger partial charge in [0.25, 0.3) is 0 Å². The predicted octanol–water partition coefficient (Wildman–Crippen LogP) is 6.13. The zero-order valence-corrected chi connectivity index (χ0v) is 12.6. The maximum atomic E-state index is 5.96. The Morgan fingerprint density at radius 2 is 1.09 bits per heavy atom. The van der Waals surface area contributed by atoms with Gasteiger partial charge in [-0.25, -0.2) is 0 Å². The summed E-state index contributed by atoms with van der Waals surface area (Å²) in [7, 11) is -1.55. The molecule has 1 heterocycles. The van der Waals surface area contributed by atoms with Crippen molar-refractivity contribution in [3.8, 4) is 5.75 Å². The lowest BCUT2D eigenvalue weighted by molar-refractivity contribution is 0.498. The van der Waals surface area contributed by atoms with Crippen LogP contribution in [0.4, 0.5) is 0 Å². The number of rotatable bonds is 2. The van der Waals surface area contributed by atoms with Gasteiger partial charge in [0.05, 0.1) is 0 Å². The number of hydrogen-bond acceptors (Lipinski definition) is 3. The first-order valence-electron chi connectivity index (χ1n) is 6.98. The Kier molecular flexibility index (Phi) is 3.34. The molecule has 108 valence electrons. The molecule has 4 heteroatoms. The quantitative estimate of drug-likeness (QED) is 0.446. The summed E-state index contributed by atoms with van der Waals surface area (Å²) in [4.78, 5) is 0. The molecule has 0 atom stereocenters. The van der Waals surface area contributed by atoms with Gasteiger partial charge in [0.15, 0.2) is 0 Å². The summed E-state index contributed by atoms with van der Waals surface area (Å²) in [5.41, 5.74) is 1.55. The van der Waals surface area contributed by atoms with Gasteiger partial charge in [-0.15, -0.1) is 0 Å². The van der Waals surface area contributed by atoms with Gasteiger partial charge in [0, 0.05) is 10.8 Å². The van der Waals surface area contributed by atoms with Gasteiger partial charge in [0.2, 0.25) is 0 Å². The Morgan fingerprint density at radius 1 is 0.591 bits per heavy atom. The second kappa shape index (κ2) is 5.63. The van der Waals surface area contributed by atoms with Crippen LogP contribution in [0.1, 0.15) is 0 Å². The van der Waals surface area contributed by atoms with Crippen molar-refractivity contribution in [2.24, 2.45) is 0 Å². The van der Waals surface area contributed by atoms with Crippen LogP contribution >= 0.6 is 8.24 Å². The predicted molar refractivity (Wildman–Crippen MR) is 88.8 cm³/mol. The lowest BCUT2D eigenvalue weighted by Crippen LogP contribution is -1.76. The van der Waals surface area contributed by atoms with Crippen LogP contribution in [-0.4, -0.2) is 0 Å². The van der Waals surface area contributed by atoms with Crippen molar-refractivity contribution in [2.75, 3.05) is 0 Å². The summed E-state index contributed by atoms with van der Waals surface area (Å²) in [6.07, 6.45) is 0. The van der Waals surface area contributed by atoms with Gasteiger partial charge in [-0.05, 0) is 24.3 Å². The van der Waals surface area contributed by atoms with Crippen LogP contribution < -0.4 is 4.52 Å². The van der Waals surface area contributed by atoms with E-state index in [2.05, 4.69) is 0 Å². The average molecular weight is 308 g/mol. The molecule has 0 spiro atoms. The molecule has 1 aromatic heterocycles. The SMILES string of the molecule is c1ccc(Op2oc3ccccc3c3ccccc3o2)cc1. The first-order valence-corrected chi connectivity index (χ1v) is 8.07. The van der Waals surface area contributed by atoms with E-state index in [-0.39, 0.29) is 0 Å². The average Bonchev–Trinajstić information content (AvgIpc) is 2.72. The van der Waals surface area contributed by atoms with Crippen LogP contribution in [0.25, 0.3) is 21.9 Å². The highest BCUT2D eigenvalue weighted by atomic mass is 31.1. The highest BCUT2D eigenvalue weighted by Crippen LogP contribution is 2.36. The van der Waals surface area contributed by atoms with Gasteiger partial charge in [-0.2, -0.15) is 0 Å². The summed E-state index contributed by atoms with van der Waals surface area (Å²) >= 11 is 0. The van der Waals surface area contributed by atoms with E-state index < -0.39 is 8.24 Å². The molecule has 3 nitrogen and oxygen atoms in total. The van der Waals surface area contributed by atoms with E-state index in [9.17, 15) is 0 Å². The van der Waals surface area contributed by atoms with Gasteiger partial charge in [-0.1, -0.05) is 54.6 Å². The summed E-state index contributed by atoms with van der Waals surface area (Å²) in [5.74, 6) is 0.727. The third-order valence-corrected chi connectivity index (χ3v) is 4.38. The molecule has 0 aliphatic rings. The summed E-state index contributed by atoms with van der Waals surface area (Å²) < 4.78 is 17.8. The smallest absolute Gasteiger partial charge is 0.391 e. The maximum absolute atomic E-state index is 5.96. The van der Waals surface area contributed by atoms with Crippen LogP contribution in [0.15, 0.2) is 87.3 Å². The zero-order valence-electron chi connectivity index (χ0n) is 11.7. The van der Waals surface area contributed by atoms with Gasteiger partial charge in [0.1, 0.15) is 16.9 Å². The van der Waals surface area contributed by atoms with Crippen molar-refractivity contribution in [1.29, 1.82) is 0 Å². The fourth-order valence-corrected chi connectivity index (χ4v) is 3.37. The first kappa shape index (κ1) is 13.1. The molecular weight excluding hydrogens is 295 g/mol. The second-order valence-corrected chi connectivity index (χ2v) is 5.80. The fraction of sp³-hybridized carbons (Fsp3) is 0. The largest absolute Gasteiger partial charge is 0.453 e. The summed E-state index contributed by atoms with van der Waals surface area (Å²) in [6.45, 7) is 0. The minimum Gasteiger partial charge on any atom is -0.391 e. The van der Waals surface area contributed by atoms with Gasteiger partial charge >= 0.3 is 8.24 Å². The minimum atomic E-state index is -1.55. The first-order chi connectivity index (χ1) is 10.9. The number of para-hydroxylation sites is 3. The Hall–Kier alpha value is -2.64. The van der Waals surface area contributed by atoms with Crippen molar-refractivity contribution >= 4 is 30.2 Å². The van der Waals surface area contributed by atoms with Crippen LogP contribution in [0, 0.1) is 0 Å². The number of hydrogen-bond donors (Lipinski definition) is 0. The minimum absolute atomic E-state index is 0.727. The molecule has 22 heavy (non-hydrogen) atoms. The summed E-state index contributed by atoms with van der Waals surface area (Å²) in [5, 5.41) is 2.03. The molecule has 0 bridgehead atoms. The van der Waals surface area contributed by atoms with Gasteiger partial charge in [-0.3, -0.25) is 0 Å². The van der Waals surface area contributed by atoms with E-state index in [0.29, 0.717) is 0 Å². The molecular formula is C18H13O3P. The van der Waals surface area contributed by atoms with E-state index in [1.165, 1.54) is 0 Å². The third-order valence-electron chi connectivity index (χ3n) is 3.33. The molecule has 0 aliphatic heterocycles. The van der Waals surface area contributed by atoms with Crippen LogP contribution in [0.3, 0.4) is 0 Å². The monoisotopic (exact) mass is 308 g/mol. The second-order valence-electron chi connectivity index (χ2n) is 4.80. The van der Waals surface area contributed by atoms with Gasteiger partial charge < -0.3 is 12.9 Å². The Bertz CT molecular complexity index is 903. The van der Waals surface area contributed by atoms with E-state index in [1.54, 1.807) is 0 Å².